The van der Waals surface area contributed by atoms with Crippen molar-refractivity contribution >= 4 is 5.97 Å². The van der Waals surface area contributed by atoms with Gasteiger partial charge >= 0.3 is 5.97 Å². The van der Waals surface area contributed by atoms with Gasteiger partial charge in [-0.15, -0.1) is 0 Å². The first kappa shape index (κ1) is 6.55. The molecule has 3 heteroatoms. The number of aliphatic carboxylic acids is 1. The van der Waals surface area contributed by atoms with Gasteiger partial charge in [-0.3, -0.25) is 0 Å². The summed E-state index contributed by atoms with van der Waals surface area (Å²) in [5, 5.41) is 8.33. The fourth-order valence-corrected chi connectivity index (χ4v) is 0.551. The highest BCUT2D eigenvalue weighted by atomic mass is 16.5. The molecule has 0 saturated heterocycles. The molecule has 0 radical (unpaired) electrons. The van der Waals surface area contributed by atoms with Crippen molar-refractivity contribution in [2.75, 3.05) is 0 Å². The zero-order valence-corrected chi connectivity index (χ0v) is 5.33. The molecule has 0 aromatic carbocycles. The molecular formula is C6H10O3. The summed E-state index contributed by atoms with van der Waals surface area (Å²) in [5.74, 6) is -0.873. The van der Waals surface area contributed by atoms with Crippen LogP contribution in [0.4, 0.5) is 0 Å². The number of hydrogen-bond donors (Lipinski definition) is 1. The SMILES string of the molecule is CC(OC1CC1)C(=O)O. The van der Waals surface area contributed by atoms with E-state index < -0.39 is 12.1 Å². The van der Waals surface area contributed by atoms with Crippen molar-refractivity contribution in [3.8, 4) is 0 Å². The van der Waals surface area contributed by atoms with Crippen molar-refractivity contribution in [2.24, 2.45) is 0 Å². The van der Waals surface area contributed by atoms with Crippen LogP contribution in [0.25, 0.3) is 0 Å². The van der Waals surface area contributed by atoms with E-state index in [-0.39, 0.29) is 6.10 Å². The van der Waals surface area contributed by atoms with Crippen molar-refractivity contribution in [3.63, 3.8) is 0 Å². The van der Waals surface area contributed by atoms with Gasteiger partial charge in [-0.1, -0.05) is 0 Å². The van der Waals surface area contributed by atoms with Gasteiger partial charge in [0.2, 0.25) is 0 Å². The molecule has 0 aromatic heterocycles. The number of rotatable bonds is 3. The summed E-state index contributed by atoms with van der Waals surface area (Å²) in [6.45, 7) is 1.56. The molecule has 1 aliphatic rings. The van der Waals surface area contributed by atoms with E-state index in [9.17, 15) is 4.79 Å². The zero-order chi connectivity index (χ0) is 6.85. The van der Waals surface area contributed by atoms with E-state index in [1.807, 2.05) is 0 Å². The fourth-order valence-electron chi connectivity index (χ4n) is 0.551. The lowest BCUT2D eigenvalue weighted by atomic mass is 10.4. The van der Waals surface area contributed by atoms with Crippen LogP contribution in [0.1, 0.15) is 19.8 Å². The molecule has 52 valence electrons. The topological polar surface area (TPSA) is 46.5 Å². The summed E-state index contributed by atoms with van der Waals surface area (Å²) in [6, 6.07) is 0. The third kappa shape index (κ3) is 2.01. The van der Waals surface area contributed by atoms with Gasteiger partial charge in [-0.2, -0.15) is 0 Å². The molecule has 0 spiro atoms. The minimum atomic E-state index is -0.873. The molecule has 0 aliphatic heterocycles. The van der Waals surface area contributed by atoms with E-state index >= 15 is 0 Å². The molecule has 1 unspecified atom stereocenters. The van der Waals surface area contributed by atoms with Gasteiger partial charge in [-0.25, -0.2) is 4.79 Å². The Morgan fingerprint density at radius 3 is 2.67 bits per heavy atom. The van der Waals surface area contributed by atoms with E-state index in [1.165, 1.54) is 0 Å². The van der Waals surface area contributed by atoms with E-state index in [4.69, 9.17) is 9.84 Å². The standard InChI is InChI=1S/C6H10O3/c1-4(6(7)8)9-5-2-3-5/h4-5H,2-3H2,1H3,(H,7,8). The Morgan fingerprint density at radius 1 is 1.78 bits per heavy atom. The maximum absolute atomic E-state index is 10.1. The van der Waals surface area contributed by atoms with Gasteiger partial charge in [0, 0.05) is 0 Å². The summed E-state index contributed by atoms with van der Waals surface area (Å²) in [6.07, 6.45) is 1.66. The molecule has 0 bridgehead atoms. The van der Waals surface area contributed by atoms with Crippen LogP contribution >= 0.6 is 0 Å². The first-order chi connectivity index (χ1) is 4.20. The van der Waals surface area contributed by atoms with Crippen molar-refractivity contribution in [1.82, 2.24) is 0 Å². The zero-order valence-electron chi connectivity index (χ0n) is 5.33. The minimum absolute atomic E-state index is 0.232. The second-order valence-corrected chi connectivity index (χ2v) is 2.32. The van der Waals surface area contributed by atoms with Crippen LogP contribution in [0.2, 0.25) is 0 Å². The highest BCUT2D eigenvalue weighted by molar-refractivity contribution is 5.71. The predicted molar refractivity (Wildman–Crippen MR) is 31.2 cm³/mol. The molecule has 9 heavy (non-hydrogen) atoms. The van der Waals surface area contributed by atoms with Crippen LogP contribution in [-0.2, 0) is 9.53 Å². The number of carboxylic acid groups (broad SMARTS) is 1. The molecule has 0 aromatic rings. The Bertz CT molecular complexity index is 117. The number of carbonyl (C=O) groups is 1. The third-order valence-electron chi connectivity index (χ3n) is 1.27. The summed E-state index contributed by atoms with van der Waals surface area (Å²) >= 11 is 0. The van der Waals surface area contributed by atoms with Crippen LogP contribution in [0.15, 0.2) is 0 Å². The van der Waals surface area contributed by atoms with Crippen molar-refractivity contribution < 1.29 is 14.6 Å². The second-order valence-electron chi connectivity index (χ2n) is 2.32. The normalized spacial score (nSPS) is 21.4. The molecule has 1 atom stereocenters. The molecule has 3 nitrogen and oxygen atoms in total. The minimum Gasteiger partial charge on any atom is -0.479 e. The van der Waals surface area contributed by atoms with Crippen LogP contribution in [0, 0.1) is 0 Å². The first-order valence-corrected chi connectivity index (χ1v) is 3.08. The van der Waals surface area contributed by atoms with Crippen molar-refractivity contribution in [1.29, 1.82) is 0 Å². The molecule has 0 heterocycles. The second kappa shape index (κ2) is 2.35. The van der Waals surface area contributed by atoms with E-state index in [0.717, 1.165) is 12.8 Å². The van der Waals surface area contributed by atoms with Gasteiger partial charge < -0.3 is 9.84 Å². The smallest absolute Gasteiger partial charge is 0.332 e. The molecule has 1 fully saturated rings. The van der Waals surface area contributed by atoms with Crippen molar-refractivity contribution in [3.05, 3.63) is 0 Å². The summed E-state index contributed by atoms with van der Waals surface area (Å²) in [5.41, 5.74) is 0. The number of carboxylic acids is 1. The monoisotopic (exact) mass is 130 g/mol. The molecule has 0 amide bonds. The van der Waals surface area contributed by atoms with Gasteiger partial charge in [0.1, 0.15) is 0 Å². The van der Waals surface area contributed by atoms with Crippen LogP contribution in [-0.4, -0.2) is 23.3 Å². The Hall–Kier alpha value is -0.570. The average Bonchev–Trinajstić information content (AvgIpc) is 2.50. The van der Waals surface area contributed by atoms with E-state index in [2.05, 4.69) is 0 Å². The van der Waals surface area contributed by atoms with E-state index in [0.29, 0.717) is 0 Å². The molecular weight excluding hydrogens is 120 g/mol. The average molecular weight is 130 g/mol. The lowest BCUT2D eigenvalue weighted by Crippen LogP contribution is -2.20. The Kier molecular flexibility index (Phi) is 1.71. The summed E-state index contributed by atoms with van der Waals surface area (Å²) in [7, 11) is 0. The lowest BCUT2D eigenvalue weighted by molar-refractivity contribution is -0.149. The predicted octanol–water partition coefficient (Wildman–Crippen LogP) is 0.639. The largest absolute Gasteiger partial charge is 0.479 e. The lowest BCUT2D eigenvalue weighted by Gasteiger charge is -2.04. The van der Waals surface area contributed by atoms with Crippen molar-refractivity contribution in [2.45, 2.75) is 32.0 Å². The maximum Gasteiger partial charge on any atom is 0.332 e. The Labute approximate surface area is 53.6 Å². The maximum atomic E-state index is 10.1. The number of ether oxygens (including phenoxy) is 1. The van der Waals surface area contributed by atoms with Gasteiger partial charge in [-0.05, 0) is 19.8 Å². The third-order valence-corrected chi connectivity index (χ3v) is 1.27. The highest BCUT2D eigenvalue weighted by Crippen LogP contribution is 2.24. The Balaban J connectivity index is 2.16. The molecule has 1 N–H and O–H groups in total. The molecule has 1 aliphatic carbocycles. The highest BCUT2D eigenvalue weighted by Gasteiger charge is 2.26. The molecule has 1 rings (SSSR count). The first-order valence-electron chi connectivity index (χ1n) is 3.08. The summed E-state index contributed by atoms with van der Waals surface area (Å²) in [4.78, 5) is 10.1. The summed E-state index contributed by atoms with van der Waals surface area (Å²) < 4.78 is 5.02. The van der Waals surface area contributed by atoms with E-state index in [1.54, 1.807) is 6.92 Å². The quantitative estimate of drug-likeness (QED) is 0.609. The van der Waals surface area contributed by atoms with Crippen LogP contribution < -0.4 is 0 Å². The Morgan fingerprint density at radius 2 is 2.33 bits per heavy atom. The van der Waals surface area contributed by atoms with Gasteiger partial charge in [0.05, 0.1) is 6.10 Å². The van der Waals surface area contributed by atoms with Gasteiger partial charge in [0.25, 0.3) is 0 Å². The van der Waals surface area contributed by atoms with Gasteiger partial charge in [0.15, 0.2) is 6.10 Å². The number of hydrogen-bond acceptors (Lipinski definition) is 2. The fraction of sp³-hybridized carbons (Fsp3) is 0.833. The van der Waals surface area contributed by atoms with Crippen LogP contribution in [0.5, 0.6) is 0 Å². The molecule has 1 saturated carbocycles. The van der Waals surface area contributed by atoms with Crippen LogP contribution in [0.3, 0.4) is 0 Å².